The highest BCUT2D eigenvalue weighted by molar-refractivity contribution is 7.15. The van der Waals surface area contributed by atoms with Crippen molar-refractivity contribution in [2.24, 2.45) is 0 Å². The molecule has 1 saturated heterocycles. The number of hydrogen-bond acceptors (Lipinski definition) is 4. The Morgan fingerprint density at radius 3 is 2.47 bits per heavy atom. The van der Waals surface area contributed by atoms with E-state index < -0.39 is 0 Å². The molecule has 2 fully saturated rings. The van der Waals surface area contributed by atoms with Crippen LogP contribution in [-0.2, 0) is 0 Å². The summed E-state index contributed by atoms with van der Waals surface area (Å²) >= 11 is 1.61. The Morgan fingerprint density at radius 2 is 1.84 bits per heavy atom. The van der Waals surface area contributed by atoms with E-state index in [1.165, 1.54) is 38.5 Å². The molecule has 1 saturated carbocycles. The lowest BCUT2D eigenvalue weighted by molar-refractivity contribution is 0.229. The van der Waals surface area contributed by atoms with Crippen molar-refractivity contribution in [3.05, 3.63) is 5.01 Å². The van der Waals surface area contributed by atoms with Crippen molar-refractivity contribution < 1.29 is 4.79 Å². The lowest BCUT2D eigenvalue weighted by Crippen LogP contribution is -2.29. The van der Waals surface area contributed by atoms with Crippen molar-refractivity contribution in [3.63, 3.8) is 0 Å². The fourth-order valence-electron chi connectivity index (χ4n) is 2.85. The lowest BCUT2D eigenvalue weighted by atomic mass is 10.0. The monoisotopic (exact) mass is 280 g/mol. The molecule has 1 aliphatic heterocycles. The van der Waals surface area contributed by atoms with Crippen LogP contribution in [0.1, 0.15) is 49.5 Å². The SMILES string of the molecule is CN1CCN(c2nnc(C3CCCCCC3)s2)C1=O. The van der Waals surface area contributed by atoms with Crippen molar-refractivity contribution in [1.29, 1.82) is 0 Å². The molecule has 2 amide bonds. The topological polar surface area (TPSA) is 49.3 Å². The predicted molar refractivity (Wildman–Crippen MR) is 75.7 cm³/mol. The summed E-state index contributed by atoms with van der Waals surface area (Å²) in [5.74, 6) is 0.559. The zero-order valence-corrected chi connectivity index (χ0v) is 12.2. The van der Waals surface area contributed by atoms with Gasteiger partial charge in [0, 0.05) is 26.1 Å². The van der Waals surface area contributed by atoms with E-state index in [1.54, 1.807) is 21.1 Å². The predicted octanol–water partition coefficient (Wildman–Crippen LogP) is 2.85. The molecule has 0 bridgehead atoms. The Labute approximate surface area is 117 Å². The van der Waals surface area contributed by atoms with E-state index >= 15 is 0 Å². The molecule has 5 nitrogen and oxygen atoms in total. The quantitative estimate of drug-likeness (QED) is 0.783. The average Bonchev–Trinajstić information content (AvgIpc) is 2.90. The molecule has 0 radical (unpaired) electrons. The van der Waals surface area contributed by atoms with E-state index in [0.717, 1.165) is 23.2 Å². The number of urea groups is 1. The van der Waals surface area contributed by atoms with Gasteiger partial charge in [-0.1, -0.05) is 37.0 Å². The first-order chi connectivity index (χ1) is 9.25. The van der Waals surface area contributed by atoms with Gasteiger partial charge in [-0.3, -0.25) is 4.90 Å². The van der Waals surface area contributed by atoms with Gasteiger partial charge in [0.2, 0.25) is 5.13 Å². The van der Waals surface area contributed by atoms with Crippen LogP contribution in [0, 0.1) is 0 Å². The zero-order chi connectivity index (χ0) is 13.2. The van der Waals surface area contributed by atoms with Crippen molar-refractivity contribution in [1.82, 2.24) is 15.1 Å². The van der Waals surface area contributed by atoms with Crippen LogP contribution in [0.5, 0.6) is 0 Å². The largest absolute Gasteiger partial charge is 0.326 e. The molecule has 0 atom stereocenters. The van der Waals surface area contributed by atoms with Crippen LogP contribution in [0.4, 0.5) is 9.93 Å². The molecule has 1 aliphatic carbocycles. The number of anilines is 1. The highest BCUT2D eigenvalue weighted by Gasteiger charge is 2.30. The Balaban J connectivity index is 1.74. The van der Waals surface area contributed by atoms with Crippen LogP contribution >= 0.6 is 11.3 Å². The molecule has 6 heteroatoms. The Morgan fingerprint density at radius 1 is 1.11 bits per heavy atom. The summed E-state index contributed by atoms with van der Waals surface area (Å²) in [6.45, 7) is 1.51. The van der Waals surface area contributed by atoms with Crippen LogP contribution in [0.15, 0.2) is 0 Å². The van der Waals surface area contributed by atoms with E-state index in [4.69, 9.17) is 0 Å². The number of amides is 2. The van der Waals surface area contributed by atoms with Crippen molar-refractivity contribution in [2.45, 2.75) is 44.4 Å². The van der Waals surface area contributed by atoms with Crippen LogP contribution in [0.25, 0.3) is 0 Å². The van der Waals surface area contributed by atoms with E-state index in [-0.39, 0.29) is 6.03 Å². The molecule has 1 aromatic heterocycles. The van der Waals surface area contributed by atoms with Crippen LogP contribution in [0.2, 0.25) is 0 Å². The second kappa shape index (κ2) is 5.45. The fourth-order valence-corrected chi connectivity index (χ4v) is 3.88. The second-order valence-electron chi connectivity index (χ2n) is 5.47. The van der Waals surface area contributed by atoms with Crippen molar-refractivity contribution in [3.8, 4) is 0 Å². The van der Waals surface area contributed by atoms with E-state index in [2.05, 4.69) is 10.2 Å². The minimum absolute atomic E-state index is 0.0450. The van der Waals surface area contributed by atoms with Gasteiger partial charge in [-0.2, -0.15) is 0 Å². The highest BCUT2D eigenvalue weighted by atomic mass is 32.1. The molecule has 0 spiro atoms. The van der Waals surface area contributed by atoms with Gasteiger partial charge in [0.05, 0.1) is 0 Å². The number of rotatable bonds is 2. The van der Waals surface area contributed by atoms with Crippen LogP contribution in [0.3, 0.4) is 0 Å². The average molecular weight is 280 g/mol. The number of nitrogens with zero attached hydrogens (tertiary/aromatic N) is 4. The van der Waals surface area contributed by atoms with Gasteiger partial charge in [0.25, 0.3) is 0 Å². The van der Waals surface area contributed by atoms with E-state index in [9.17, 15) is 4.79 Å². The molecule has 3 rings (SSSR count). The van der Waals surface area contributed by atoms with Crippen LogP contribution < -0.4 is 4.90 Å². The molecule has 104 valence electrons. The Hall–Kier alpha value is -1.17. The maximum atomic E-state index is 11.9. The van der Waals surface area contributed by atoms with Gasteiger partial charge in [-0.25, -0.2) is 4.79 Å². The second-order valence-corrected chi connectivity index (χ2v) is 6.45. The molecule has 2 aliphatic rings. The minimum atomic E-state index is 0.0450. The number of aromatic nitrogens is 2. The number of carbonyl (C=O) groups is 1. The lowest BCUT2D eigenvalue weighted by Gasteiger charge is -2.11. The third kappa shape index (κ3) is 2.59. The van der Waals surface area contributed by atoms with Gasteiger partial charge in [-0.15, -0.1) is 10.2 Å². The zero-order valence-electron chi connectivity index (χ0n) is 11.3. The van der Waals surface area contributed by atoms with Gasteiger partial charge in [0.15, 0.2) is 0 Å². The van der Waals surface area contributed by atoms with Gasteiger partial charge >= 0.3 is 6.03 Å². The summed E-state index contributed by atoms with van der Waals surface area (Å²) < 4.78 is 0. The smallest absolute Gasteiger partial charge is 0.326 e. The van der Waals surface area contributed by atoms with Gasteiger partial charge < -0.3 is 4.90 Å². The number of likely N-dealkylation sites (N-methyl/N-ethyl adjacent to an activating group) is 1. The molecule has 19 heavy (non-hydrogen) atoms. The van der Waals surface area contributed by atoms with Crippen molar-refractivity contribution in [2.75, 3.05) is 25.0 Å². The first-order valence-electron chi connectivity index (χ1n) is 7.12. The first kappa shape index (κ1) is 12.8. The molecule has 0 N–H and O–H groups in total. The third-order valence-corrected chi connectivity index (χ3v) is 5.19. The molecule has 0 unspecified atom stereocenters. The molecule has 0 aromatic carbocycles. The number of hydrogen-bond donors (Lipinski definition) is 0. The Kier molecular flexibility index (Phi) is 3.68. The van der Waals surface area contributed by atoms with Crippen LogP contribution in [-0.4, -0.2) is 41.3 Å². The first-order valence-corrected chi connectivity index (χ1v) is 7.93. The van der Waals surface area contributed by atoms with E-state index in [1.807, 2.05) is 7.05 Å². The maximum absolute atomic E-state index is 11.9. The summed E-state index contributed by atoms with van der Waals surface area (Å²) in [6.07, 6.45) is 7.73. The number of carbonyl (C=O) groups excluding carboxylic acids is 1. The van der Waals surface area contributed by atoms with Crippen molar-refractivity contribution >= 4 is 22.5 Å². The summed E-state index contributed by atoms with van der Waals surface area (Å²) in [4.78, 5) is 15.4. The third-order valence-electron chi connectivity index (χ3n) is 4.08. The highest BCUT2D eigenvalue weighted by Crippen LogP contribution is 2.35. The van der Waals surface area contributed by atoms with Gasteiger partial charge in [0.1, 0.15) is 5.01 Å². The molecule has 2 heterocycles. The summed E-state index contributed by atoms with van der Waals surface area (Å²) in [5, 5.41) is 10.5. The summed E-state index contributed by atoms with van der Waals surface area (Å²) in [6, 6.07) is 0.0450. The summed E-state index contributed by atoms with van der Waals surface area (Å²) in [7, 11) is 1.83. The van der Waals surface area contributed by atoms with Gasteiger partial charge in [-0.05, 0) is 12.8 Å². The fraction of sp³-hybridized carbons (Fsp3) is 0.769. The Bertz CT molecular complexity index is 453. The standard InChI is InChI=1S/C13H20N4OS/c1-16-8-9-17(13(16)18)12-15-14-11(19-12)10-6-4-2-3-5-7-10/h10H,2-9H2,1H3. The molecular weight excluding hydrogens is 260 g/mol. The normalized spacial score (nSPS) is 22.1. The van der Waals surface area contributed by atoms with E-state index in [0.29, 0.717) is 5.92 Å². The minimum Gasteiger partial charge on any atom is -0.326 e. The molecule has 1 aromatic rings. The summed E-state index contributed by atoms with van der Waals surface area (Å²) in [5.41, 5.74) is 0. The molecular formula is C13H20N4OS. The maximum Gasteiger partial charge on any atom is 0.326 e.